The molecule has 0 aliphatic heterocycles. The van der Waals surface area contributed by atoms with Crippen LogP contribution in [0.1, 0.15) is 22.5 Å². The van der Waals surface area contributed by atoms with E-state index in [1.165, 1.54) is 10.6 Å². The summed E-state index contributed by atoms with van der Waals surface area (Å²) in [6.45, 7) is 7.42. The van der Waals surface area contributed by atoms with Gasteiger partial charge in [-0.1, -0.05) is 35.4 Å². The average molecular weight is 434 g/mol. The summed E-state index contributed by atoms with van der Waals surface area (Å²) in [5.41, 5.74) is 4.02. The first kappa shape index (κ1) is 20.8. The van der Waals surface area contributed by atoms with Crippen LogP contribution in [-0.2, 0) is 10.0 Å². The Morgan fingerprint density at radius 1 is 0.839 bits per heavy atom. The average Bonchev–Trinajstić information content (AvgIpc) is 2.69. The number of hydrogen-bond acceptors (Lipinski definition) is 4. The standard InChI is InChI=1S/C24H23N3O3S/c1-15-5-9-20(10-6-15)27-18(4)25-22-11-8-19(14-21(22)24(27)28)26-31(29,30)23-12-7-16(2)13-17(23)3/h5-14,26H,1-4H3. The molecule has 0 fully saturated rings. The summed E-state index contributed by atoms with van der Waals surface area (Å²) < 4.78 is 30.0. The van der Waals surface area contributed by atoms with Crippen LogP contribution in [0.15, 0.2) is 70.4 Å². The van der Waals surface area contributed by atoms with Gasteiger partial charge in [-0.15, -0.1) is 0 Å². The van der Waals surface area contributed by atoms with Crippen LogP contribution in [0.25, 0.3) is 16.6 Å². The molecule has 158 valence electrons. The van der Waals surface area contributed by atoms with Gasteiger partial charge >= 0.3 is 0 Å². The van der Waals surface area contributed by atoms with E-state index < -0.39 is 10.0 Å². The van der Waals surface area contributed by atoms with Crippen molar-refractivity contribution < 1.29 is 8.42 Å². The summed E-state index contributed by atoms with van der Waals surface area (Å²) >= 11 is 0. The quantitative estimate of drug-likeness (QED) is 0.517. The first-order valence-corrected chi connectivity index (χ1v) is 11.3. The van der Waals surface area contributed by atoms with Crippen LogP contribution < -0.4 is 10.3 Å². The Balaban J connectivity index is 1.80. The lowest BCUT2D eigenvalue weighted by molar-refractivity contribution is 0.600. The Kier molecular flexibility index (Phi) is 5.15. The normalized spacial score (nSPS) is 11.6. The van der Waals surface area contributed by atoms with Gasteiger partial charge in [0.2, 0.25) is 0 Å². The Hall–Kier alpha value is -3.45. The summed E-state index contributed by atoms with van der Waals surface area (Å²) in [5, 5.41) is 0.340. The second-order valence-corrected chi connectivity index (χ2v) is 9.39. The number of aryl methyl sites for hydroxylation is 4. The molecular weight excluding hydrogens is 410 g/mol. The van der Waals surface area contributed by atoms with Crippen LogP contribution in [0.2, 0.25) is 0 Å². The van der Waals surface area contributed by atoms with E-state index in [2.05, 4.69) is 9.71 Å². The highest BCUT2D eigenvalue weighted by Crippen LogP contribution is 2.23. The summed E-state index contributed by atoms with van der Waals surface area (Å²) in [4.78, 5) is 18.0. The van der Waals surface area contributed by atoms with E-state index in [4.69, 9.17) is 0 Å². The Morgan fingerprint density at radius 3 is 2.19 bits per heavy atom. The highest BCUT2D eigenvalue weighted by Gasteiger charge is 2.18. The van der Waals surface area contributed by atoms with Gasteiger partial charge in [-0.3, -0.25) is 14.1 Å². The molecule has 0 saturated heterocycles. The van der Waals surface area contributed by atoms with Gasteiger partial charge in [-0.2, -0.15) is 0 Å². The molecular formula is C24H23N3O3S. The van der Waals surface area contributed by atoms with Crippen molar-refractivity contribution in [2.75, 3.05) is 4.72 Å². The summed E-state index contributed by atoms with van der Waals surface area (Å²) in [5.74, 6) is 0.560. The van der Waals surface area contributed by atoms with E-state index in [1.807, 2.05) is 44.2 Å². The number of rotatable bonds is 4. The SMILES string of the molecule is Cc1ccc(-n2c(C)nc3ccc(NS(=O)(=O)c4ccc(C)cc4C)cc3c2=O)cc1. The third-order valence-electron chi connectivity index (χ3n) is 5.20. The fraction of sp³-hybridized carbons (Fsp3) is 0.167. The molecule has 0 amide bonds. The molecule has 4 rings (SSSR count). The predicted molar refractivity (Wildman–Crippen MR) is 124 cm³/mol. The Morgan fingerprint density at radius 2 is 1.52 bits per heavy atom. The summed E-state index contributed by atoms with van der Waals surface area (Å²) in [6.07, 6.45) is 0. The molecule has 0 spiro atoms. The highest BCUT2D eigenvalue weighted by atomic mass is 32.2. The molecule has 31 heavy (non-hydrogen) atoms. The van der Waals surface area contributed by atoms with E-state index in [-0.39, 0.29) is 10.5 Å². The minimum absolute atomic E-state index is 0.206. The van der Waals surface area contributed by atoms with Crippen LogP contribution in [-0.4, -0.2) is 18.0 Å². The minimum atomic E-state index is -3.80. The van der Waals surface area contributed by atoms with Crippen LogP contribution >= 0.6 is 0 Å². The molecule has 0 bridgehead atoms. The molecule has 1 heterocycles. The van der Waals surface area contributed by atoms with Gasteiger partial charge in [0, 0.05) is 5.69 Å². The van der Waals surface area contributed by atoms with Crippen LogP contribution in [0.3, 0.4) is 0 Å². The van der Waals surface area contributed by atoms with Crippen molar-refractivity contribution in [3.8, 4) is 5.69 Å². The molecule has 0 radical (unpaired) electrons. The molecule has 0 aliphatic carbocycles. The van der Waals surface area contributed by atoms with Gasteiger partial charge in [-0.25, -0.2) is 13.4 Å². The number of aromatic nitrogens is 2. The molecule has 1 N–H and O–H groups in total. The second-order valence-electron chi connectivity index (χ2n) is 7.74. The van der Waals surface area contributed by atoms with Crippen LogP contribution in [0.5, 0.6) is 0 Å². The molecule has 3 aromatic carbocycles. The van der Waals surface area contributed by atoms with Crippen LogP contribution in [0, 0.1) is 27.7 Å². The van der Waals surface area contributed by atoms with Gasteiger partial charge < -0.3 is 0 Å². The molecule has 0 unspecified atom stereocenters. The Labute approximate surface area is 181 Å². The molecule has 6 nitrogen and oxygen atoms in total. The number of hydrogen-bond donors (Lipinski definition) is 1. The third kappa shape index (κ3) is 3.96. The maximum atomic E-state index is 13.3. The van der Waals surface area contributed by atoms with Crippen molar-refractivity contribution in [3.05, 3.63) is 93.5 Å². The number of benzene rings is 3. The molecule has 4 aromatic rings. The summed E-state index contributed by atoms with van der Waals surface area (Å²) in [6, 6.07) is 17.6. The third-order valence-corrected chi connectivity index (χ3v) is 6.74. The first-order valence-electron chi connectivity index (χ1n) is 9.86. The van der Waals surface area contributed by atoms with E-state index in [0.717, 1.165) is 11.1 Å². The zero-order chi connectivity index (χ0) is 22.3. The van der Waals surface area contributed by atoms with Crippen LogP contribution in [0.4, 0.5) is 5.69 Å². The number of nitrogens with zero attached hydrogens (tertiary/aromatic N) is 2. The molecule has 0 aliphatic rings. The van der Waals surface area contributed by atoms with Gasteiger partial charge in [0.25, 0.3) is 15.6 Å². The number of sulfonamides is 1. The topological polar surface area (TPSA) is 81.1 Å². The lowest BCUT2D eigenvalue weighted by atomic mass is 10.2. The van der Waals surface area contributed by atoms with Gasteiger partial charge in [0.05, 0.1) is 21.5 Å². The van der Waals surface area contributed by atoms with Crippen molar-refractivity contribution >= 4 is 26.6 Å². The van der Waals surface area contributed by atoms with Gasteiger partial charge in [0.15, 0.2) is 0 Å². The monoisotopic (exact) mass is 433 g/mol. The van der Waals surface area contributed by atoms with E-state index >= 15 is 0 Å². The lowest BCUT2D eigenvalue weighted by Crippen LogP contribution is -2.22. The smallest absolute Gasteiger partial charge is 0.266 e. The maximum Gasteiger partial charge on any atom is 0.266 e. The molecule has 7 heteroatoms. The van der Waals surface area contributed by atoms with Gasteiger partial charge in [0.1, 0.15) is 5.82 Å². The lowest BCUT2D eigenvalue weighted by Gasteiger charge is -2.13. The zero-order valence-electron chi connectivity index (χ0n) is 17.8. The van der Waals surface area contributed by atoms with Crippen molar-refractivity contribution in [2.24, 2.45) is 0 Å². The van der Waals surface area contributed by atoms with Crippen molar-refractivity contribution in [1.29, 1.82) is 0 Å². The first-order chi connectivity index (χ1) is 14.7. The van der Waals surface area contributed by atoms with E-state index in [9.17, 15) is 13.2 Å². The largest absolute Gasteiger partial charge is 0.280 e. The molecule has 1 aromatic heterocycles. The predicted octanol–water partition coefficient (Wildman–Crippen LogP) is 4.42. The molecule has 0 atom stereocenters. The number of fused-ring (bicyclic) bond motifs is 1. The van der Waals surface area contributed by atoms with Gasteiger partial charge in [-0.05, 0) is 69.7 Å². The zero-order valence-corrected chi connectivity index (χ0v) is 18.6. The fourth-order valence-electron chi connectivity index (χ4n) is 3.67. The van der Waals surface area contributed by atoms with Crippen molar-refractivity contribution in [2.45, 2.75) is 32.6 Å². The fourth-order valence-corrected chi connectivity index (χ4v) is 4.95. The van der Waals surface area contributed by atoms with Crippen molar-refractivity contribution in [1.82, 2.24) is 9.55 Å². The van der Waals surface area contributed by atoms with E-state index in [1.54, 1.807) is 38.1 Å². The van der Waals surface area contributed by atoms with Crippen molar-refractivity contribution in [3.63, 3.8) is 0 Å². The maximum absolute atomic E-state index is 13.3. The minimum Gasteiger partial charge on any atom is -0.280 e. The van der Waals surface area contributed by atoms with E-state index in [0.29, 0.717) is 33.7 Å². The summed E-state index contributed by atoms with van der Waals surface area (Å²) in [7, 11) is -3.80. The highest BCUT2D eigenvalue weighted by molar-refractivity contribution is 7.92. The second kappa shape index (κ2) is 7.67. The Bertz CT molecular complexity index is 1470. The number of anilines is 1. The number of nitrogens with one attached hydrogen (secondary N) is 1. The molecule has 0 saturated carbocycles.